The predicted molar refractivity (Wildman–Crippen MR) is 179 cm³/mol. The van der Waals surface area contributed by atoms with Crippen LogP contribution in [0.5, 0.6) is 0 Å². The molecule has 1 aliphatic heterocycles. The molecule has 230 valence electrons. The van der Waals surface area contributed by atoms with Gasteiger partial charge in [-0.05, 0) is 87.7 Å². The summed E-state index contributed by atoms with van der Waals surface area (Å²) in [6, 6.07) is 34.6. The number of fused-ring (bicyclic) bond motifs is 5. The van der Waals surface area contributed by atoms with Crippen molar-refractivity contribution in [2.24, 2.45) is 0 Å². The molecule has 2 heterocycles. The Bertz CT molecular complexity index is 1880. The summed E-state index contributed by atoms with van der Waals surface area (Å²) in [6.45, 7) is 0.489. The molecule has 0 atom stereocenters. The van der Waals surface area contributed by atoms with Gasteiger partial charge in [-0.3, -0.25) is 9.59 Å². The van der Waals surface area contributed by atoms with E-state index in [1.54, 1.807) is 0 Å². The molecule has 8 rings (SSSR count). The Morgan fingerprint density at radius 1 is 0.739 bits per heavy atom. The fourth-order valence-electron chi connectivity index (χ4n) is 8.28. The van der Waals surface area contributed by atoms with Gasteiger partial charge in [0.15, 0.2) is 0 Å². The third kappa shape index (κ3) is 4.86. The highest BCUT2D eigenvalue weighted by Crippen LogP contribution is 2.44. The molecule has 5 nitrogen and oxygen atoms in total. The number of rotatable bonds is 5. The summed E-state index contributed by atoms with van der Waals surface area (Å²) in [5.74, 6) is -0.135. The van der Waals surface area contributed by atoms with Crippen LogP contribution in [-0.2, 0) is 59.4 Å². The highest BCUT2D eigenvalue weighted by Gasteiger charge is 2.38. The fourth-order valence-corrected chi connectivity index (χ4v) is 8.28. The van der Waals surface area contributed by atoms with E-state index in [4.69, 9.17) is 4.74 Å². The Labute approximate surface area is 270 Å². The molecular weight excluding hydrogens is 568 g/mol. The number of amides is 1. The lowest BCUT2D eigenvalue weighted by Gasteiger charge is -2.36. The molecular formula is C41H38N2O3. The number of ether oxygens (including phenoxy) is 1. The van der Waals surface area contributed by atoms with Gasteiger partial charge in [-0.15, -0.1) is 0 Å². The number of hydrogen-bond donors (Lipinski definition) is 1. The van der Waals surface area contributed by atoms with Gasteiger partial charge >= 0.3 is 5.97 Å². The molecule has 5 heteroatoms. The number of aryl methyl sites for hydroxylation is 4. The summed E-state index contributed by atoms with van der Waals surface area (Å²) in [7, 11) is 1.44. The SMILES string of the molecule is COC(=O)CCc1c(C2c3ccccc3CCc3ccccc32)[nH]c2c1CC(=O)N(C1c3ccccc3CCc3ccccc31)C2. The van der Waals surface area contributed by atoms with Crippen LogP contribution < -0.4 is 0 Å². The maximum absolute atomic E-state index is 14.4. The highest BCUT2D eigenvalue weighted by molar-refractivity contribution is 5.83. The number of carbonyl (C=O) groups is 2. The first-order valence-corrected chi connectivity index (χ1v) is 16.5. The lowest BCUT2D eigenvalue weighted by molar-refractivity contribution is -0.140. The molecule has 4 aromatic carbocycles. The Kier molecular flexibility index (Phi) is 7.32. The molecule has 5 aromatic rings. The summed E-state index contributed by atoms with van der Waals surface area (Å²) < 4.78 is 5.08. The van der Waals surface area contributed by atoms with E-state index in [1.807, 2.05) is 0 Å². The summed E-state index contributed by atoms with van der Waals surface area (Å²) in [6.07, 6.45) is 4.98. The minimum absolute atomic E-state index is 0.0176. The second-order valence-electron chi connectivity index (χ2n) is 12.9. The summed E-state index contributed by atoms with van der Waals surface area (Å²) in [5, 5.41) is 0. The minimum Gasteiger partial charge on any atom is -0.469 e. The van der Waals surface area contributed by atoms with E-state index in [2.05, 4.69) is 107 Å². The van der Waals surface area contributed by atoms with Crippen molar-refractivity contribution >= 4 is 11.9 Å². The molecule has 0 unspecified atom stereocenters. The van der Waals surface area contributed by atoms with Crippen LogP contribution in [0.2, 0.25) is 0 Å². The zero-order valence-corrected chi connectivity index (χ0v) is 26.2. The number of hydrogen-bond acceptors (Lipinski definition) is 3. The lowest BCUT2D eigenvalue weighted by Crippen LogP contribution is -2.40. The molecule has 0 spiro atoms. The maximum atomic E-state index is 14.4. The number of esters is 1. The molecule has 0 saturated heterocycles. The smallest absolute Gasteiger partial charge is 0.305 e. The Morgan fingerprint density at radius 3 is 1.74 bits per heavy atom. The van der Waals surface area contributed by atoms with Crippen LogP contribution in [0.1, 0.15) is 85.4 Å². The van der Waals surface area contributed by atoms with Crippen LogP contribution in [0.3, 0.4) is 0 Å². The molecule has 1 N–H and O–H groups in total. The maximum Gasteiger partial charge on any atom is 0.305 e. The normalized spacial score (nSPS) is 15.9. The molecule has 0 radical (unpaired) electrons. The van der Waals surface area contributed by atoms with E-state index < -0.39 is 0 Å². The van der Waals surface area contributed by atoms with Gasteiger partial charge < -0.3 is 14.6 Å². The van der Waals surface area contributed by atoms with Crippen LogP contribution in [0.4, 0.5) is 0 Å². The van der Waals surface area contributed by atoms with E-state index in [9.17, 15) is 9.59 Å². The lowest BCUT2D eigenvalue weighted by atomic mass is 9.82. The molecule has 46 heavy (non-hydrogen) atoms. The van der Waals surface area contributed by atoms with Crippen molar-refractivity contribution in [3.63, 3.8) is 0 Å². The van der Waals surface area contributed by atoms with Gasteiger partial charge in [0.25, 0.3) is 0 Å². The van der Waals surface area contributed by atoms with Gasteiger partial charge in [0.2, 0.25) is 5.91 Å². The molecule has 0 fully saturated rings. The number of nitrogens with one attached hydrogen (secondary N) is 1. The largest absolute Gasteiger partial charge is 0.469 e. The third-order valence-electron chi connectivity index (χ3n) is 10.5. The zero-order valence-electron chi connectivity index (χ0n) is 26.2. The van der Waals surface area contributed by atoms with Crippen molar-refractivity contribution in [3.05, 3.63) is 164 Å². The topological polar surface area (TPSA) is 62.4 Å². The molecule has 1 aromatic heterocycles. The van der Waals surface area contributed by atoms with Crippen LogP contribution in [0.15, 0.2) is 97.1 Å². The summed E-state index contributed by atoms with van der Waals surface area (Å²) in [4.78, 5) is 32.9. The second kappa shape index (κ2) is 11.8. The van der Waals surface area contributed by atoms with Gasteiger partial charge in [0, 0.05) is 23.7 Å². The van der Waals surface area contributed by atoms with Gasteiger partial charge in [0.1, 0.15) is 0 Å². The van der Waals surface area contributed by atoms with Crippen molar-refractivity contribution in [1.29, 1.82) is 0 Å². The number of methoxy groups -OCH3 is 1. The second-order valence-corrected chi connectivity index (χ2v) is 12.9. The summed E-state index contributed by atoms with van der Waals surface area (Å²) in [5.41, 5.74) is 14.6. The van der Waals surface area contributed by atoms with E-state index in [0.29, 0.717) is 19.4 Å². The Hall–Kier alpha value is -4.90. The number of nitrogens with zero attached hydrogens (tertiary/aromatic N) is 1. The van der Waals surface area contributed by atoms with E-state index >= 15 is 0 Å². The molecule has 0 bridgehead atoms. The van der Waals surface area contributed by atoms with E-state index in [0.717, 1.165) is 48.2 Å². The van der Waals surface area contributed by atoms with Gasteiger partial charge in [-0.25, -0.2) is 0 Å². The Morgan fingerprint density at radius 2 is 1.22 bits per heavy atom. The van der Waals surface area contributed by atoms with Crippen LogP contribution >= 0.6 is 0 Å². The fraction of sp³-hybridized carbons (Fsp3) is 0.268. The first kappa shape index (κ1) is 28.6. The molecule has 3 aliphatic rings. The zero-order chi connectivity index (χ0) is 31.2. The average molecular weight is 607 g/mol. The number of H-pyrrole nitrogens is 1. The third-order valence-corrected chi connectivity index (χ3v) is 10.5. The first-order chi connectivity index (χ1) is 22.6. The van der Waals surface area contributed by atoms with E-state index in [1.165, 1.54) is 51.6 Å². The highest BCUT2D eigenvalue weighted by atomic mass is 16.5. The van der Waals surface area contributed by atoms with Crippen molar-refractivity contribution in [2.75, 3.05) is 7.11 Å². The quantitative estimate of drug-likeness (QED) is 0.216. The van der Waals surface area contributed by atoms with Crippen molar-refractivity contribution in [1.82, 2.24) is 9.88 Å². The van der Waals surface area contributed by atoms with Crippen LogP contribution in [0, 0.1) is 0 Å². The summed E-state index contributed by atoms with van der Waals surface area (Å²) >= 11 is 0. The average Bonchev–Trinajstić information content (AvgIpc) is 3.23. The number of carbonyl (C=O) groups excluding carboxylic acids is 2. The van der Waals surface area contributed by atoms with E-state index in [-0.39, 0.29) is 30.3 Å². The van der Waals surface area contributed by atoms with Gasteiger partial charge in [0.05, 0.1) is 26.1 Å². The monoisotopic (exact) mass is 606 g/mol. The van der Waals surface area contributed by atoms with Crippen molar-refractivity contribution in [3.8, 4) is 0 Å². The standard InChI is InChI=1S/C41H38N2O3/c1-46-38(45)23-22-34-35-24-37(44)43(41-32-16-8-4-12-28(32)20-21-29-13-5-9-17-33(29)41)25-36(35)42-40(34)39-30-14-6-2-10-26(30)18-19-27-11-3-7-15-31(27)39/h2-17,39,41-42H,18-25H2,1H3. The van der Waals surface area contributed by atoms with Crippen molar-refractivity contribution in [2.45, 2.75) is 63.5 Å². The van der Waals surface area contributed by atoms with Crippen LogP contribution in [-0.4, -0.2) is 28.9 Å². The number of aromatic nitrogens is 1. The van der Waals surface area contributed by atoms with Crippen LogP contribution in [0.25, 0.3) is 0 Å². The Balaban J connectivity index is 1.29. The number of benzene rings is 4. The first-order valence-electron chi connectivity index (χ1n) is 16.5. The van der Waals surface area contributed by atoms with Crippen molar-refractivity contribution < 1.29 is 14.3 Å². The number of aromatic amines is 1. The van der Waals surface area contributed by atoms with Gasteiger partial charge in [-0.1, -0.05) is 97.1 Å². The predicted octanol–water partition coefficient (Wildman–Crippen LogP) is 7.17. The molecule has 1 amide bonds. The minimum atomic E-state index is -0.238. The van der Waals surface area contributed by atoms with Gasteiger partial charge in [-0.2, -0.15) is 0 Å². The molecule has 0 saturated carbocycles. The molecule has 2 aliphatic carbocycles.